The van der Waals surface area contributed by atoms with E-state index >= 15 is 0 Å². The number of thiol groups is 1. The number of hydrogen-bond acceptors (Lipinski definition) is 3. The van der Waals surface area contributed by atoms with Crippen molar-refractivity contribution in [2.45, 2.75) is 12.7 Å². The predicted octanol–water partition coefficient (Wildman–Crippen LogP) is 0.302. The Bertz CT molecular complexity index is 312. The minimum absolute atomic E-state index is 0.0187. The van der Waals surface area contributed by atoms with Crippen LogP contribution < -0.4 is 0 Å². The molecule has 0 fully saturated rings. The van der Waals surface area contributed by atoms with Gasteiger partial charge in [-0.15, -0.1) is 0 Å². The fourth-order valence-electron chi connectivity index (χ4n) is 0.764. The molecular weight excluding hydrogens is 162 g/mol. The van der Waals surface area contributed by atoms with Gasteiger partial charge in [-0.3, -0.25) is 4.98 Å². The van der Waals surface area contributed by atoms with Crippen molar-refractivity contribution in [3.63, 3.8) is 0 Å². The van der Waals surface area contributed by atoms with E-state index in [2.05, 4.69) is 11.1 Å². The zero-order valence-electron chi connectivity index (χ0n) is 6.07. The zero-order valence-corrected chi connectivity index (χ0v) is 6.97. The molecule has 0 amide bonds. The first-order chi connectivity index (χ1) is 5.18. The molecule has 3 nitrogen and oxygen atoms in total. The Labute approximate surface area is 67.0 Å². The standard InChI is InChI=1S/C7H8NO2S/c1-6-3-2-4-7(8-6)5-11(9)10/h2,4,11H,5H2,1H3. The number of pyridine rings is 1. The van der Waals surface area contributed by atoms with Gasteiger partial charge in [0.2, 0.25) is 0 Å². The normalized spacial score (nSPS) is 10.4. The number of aryl methyl sites for hydroxylation is 1. The van der Waals surface area contributed by atoms with Gasteiger partial charge in [-0.25, -0.2) is 8.42 Å². The van der Waals surface area contributed by atoms with E-state index in [1.807, 2.05) is 0 Å². The Hall–Kier alpha value is -0.900. The van der Waals surface area contributed by atoms with Crippen molar-refractivity contribution in [1.29, 1.82) is 0 Å². The van der Waals surface area contributed by atoms with Crippen molar-refractivity contribution in [2.24, 2.45) is 0 Å². The summed E-state index contributed by atoms with van der Waals surface area (Å²) in [6.45, 7) is 1.78. The lowest BCUT2D eigenvalue weighted by Gasteiger charge is -1.93. The number of rotatable bonds is 2. The molecule has 0 bridgehead atoms. The SMILES string of the molecule is Cc1[c]ccc(C[SH](=O)=O)n1. The lowest BCUT2D eigenvalue weighted by molar-refractivity contribution is 0.613. The van der Waals surface area contributed by atoms with Gasteiger partial charge in [0.05, 0.1) is 11.4 Å². The van der Waals surface area contributed by atoms with Crippen LogP contribution in [0.25, 0.3) is 0 Å². The first-order valence-electron chi connectivity index (χ1n) is 3.14. The smallest absolute Gasteiger partial charge is 0.145 e. The molecule has 0 aromatic carbocycles. The molecule has 1 aromatic rings. The third kappa shape index (κ3) is 2.67. The number of hydrogen-bond donors (Lipinski definition) is 1. The van der Waals surface area contributed by atoms with Crippen LogP contribution in [-0.2, 0) is 16.5 Å². The molecule has 0 saturated carbocycles. The molecule has 0 unspecified atom stereocenters. The summed E-state index contributed by atoms with van der Waals surface area (Å²) >= 11 is 0. The van der Waals surface area contributed by atoms with Gasteiger partial charge in [-0.1, -0.05) is 6.07 Å². The summed E-state index contributed by atoms with van der Waals surface area (Å²) in [5.74, 6) is 0.0187. The maximum atomic E-state index is 10.3. The molecule has 1 heterocycles. The quantitative estimate of drug-likeness (QED) is 0.649. The molecule has 59 valence electrons. The van der Waals surface area contributed by atoms with Gasteiger partial charge in [0.1, 0.15) is 10.7 Å². The summed E-state index contributed by atoms with van der Waals surface area (Å²) in [4.78, 5) is 3.97. The third-order valence-corrected chi connectivity index (χ3v) is 1.75. The first kappa shape index (κ1) is 8.20. The van der Waals surface area contributed by atoms with Crippen LogP contribution in [0, 0.1) is 13.0 Å². The van der Waals surface area contributed by atoms with Crippen molar-refractivity contribution in [1.82, 2.24) is 4.98 Å². The molecule has 0 atom stereocenters. The van der Waals surface area contributed by atoms with Crippen LogP contribution in [0.15, 0.2) is 12.1 Å². The monoisotopic (exact) mass is 170 g/mol. The third-order valence-electron chi connectivity index (χ3n) is 1.17. The summed E-state index contributed by atoms with van der Waals surface area (Å²) in [6.07, 6.45) is 0. The zero-order chi connectivity index (χ0) is 8.27. The maximum Gasteiger partial charge on any atom is 0.145 e. The second kappa shape index (κ2) is 3.48. The maximum absolute atomic E-state index is 10.3. The second-order valence-electron chi connectivity index (χ2n) is 2.16. The van der Waals surface area contributed by atoms with Crippen molar-refractivity contribution >= 4 is 10.7 Å². The molecule has 0 saturated heterocycles. The summed E-state index contributed by atoms with van der Waals surface area (Å²) < 4.78 is 20.5. The van der Waals surface area contributed by atoms with Crippen LogP contribution in [-0.4, -0.2) is 13.4 Å². The van der Waals surface area contributed by atoms with E-state index in [0.717, 1.165) is 5.69 Å². The fraction of sp³-hybridized carbons (Fsp3) is 0.286. The van der Waals surface area contributed by atoms with Gasteiger partial charge < -0.3 is 0 Å². The molecule has 1 radical (unpaired) electrons. The van der Waals surface area contributed by atoms with E-state index in [1.54, 1.807) is 19.1 Å². The van der Waals surface area contributed by atoms with Crippen LogP contribution in [0.3, 0.4) is 0 Å². The van der Waals surface area contributed by atoms with Gasteiger partial charge in [0.25, 0.3) is 0 Å². The van der Waals surface area contributed by atoms with Crippen LogP contribution in [0.1, 0.15) is 11.4 Å². The fourth-order valence-corrected chi connectivity index (χ4v) is 1.20. The highest BCUT2D eigenvalue weighted by Crippen LogP contribution is 1.97. The Morgan fingerprint density at radius 1 is 1.64 bits per heavy atom. The van der Waals surface area contributed by atoms with Crippen molar-refractivity contribution in [3.05, 3.63) is 29.6 Å². The summed E-state index contributed by atoms with van der Waals surface area (Å²) in [7, 11) is -2.37. The topological polar surface area (TPSA) is 47.0 Å². The lowest BCUT2D eigenvalue weighted by Crippen LogP contribution is -1.92. The summed E-state index contributed by atoms with van der Waals surface area (Å²) in [5.41, 5.74) is 1.30. The van der Waals surface area contributed by atoms with E-state index in [0.29, 0.717) is 5.69 Å². The van der Waals surface area contributed by atoms with Crippen LogP contribution in [0.5, 0.6) is 0 Å². The molecule has 0 aliphatic carbocycles. The van der Waals surface area contributed by atoms with Gasteiger partial charge in [-0.05, 0) is 13.0 Å². The molecule has 11 heavy (non-hydrogen) atoms. The van der Waals surface area contributed by atoms with Crippen molar-refractivity contribution in [3.8, 4) is 0 Å². The summed E-state index contributed by atoms with van der Waals surface area (Å²) in [6, 6.07) is 6.16. The van der Waals surface area contributed by atoms with Gasteiger partial charge in [0, 0.05) is 11.8 Å². The average molecular weight is 170 g/mol. The highest BCUT2D eigenvalue weighted by Gasteiger charge is 1.94. The molecule has 0 N–H and O–H groups in total. The minimum atomic E-state index is -2.37. The Balaban J connectivity index is 2.87. The molecule has 0 aliphatic rings. The van der Waals surface area contributed by atoms with Gasteiger partial charge in [0.15, 0.2) is 0 Å². The van der Waals surface area contributed by atoms with Gasteiger partial charge in [-0.2, -0.15) is 0 Å². The van der Waals surface area contributed by atoms with E-state index in [-0.39, 0.29) is 5.75 Å². The van der Waals surface area contributed by atoms with Crippen LogP contribution >= 0.6 is 0 Å². The van der Waals surface area contributed by atoms with E-state index in [1.165, 1.54) is 0 Å². The summed E-state index contributed by atoms with van der Waals surface area (Å²) in [5, 5.41) is 0. The highest BCUT2D eigenvalue weighted by molar-refractivity contribution is 7.71. The minimum Gasteiger partial charge on any atom is -0.256 e. The van der Waals surface area contributed by atoms with Crippen molar-refractivity contribution < 1.29 is 8.42 Å². The lowest BCUT2D eigenvalue weighted by atomic mass is 10.3. The van der Waals surface area contributed by atoms with E-state index < -0.39 is 10.7 Å². The molecule has 0 aliphatic heterocycles. The van der Waals surface area contributed by atoms with E-state index in [9.17, 15) is 8.42 Å². The number of aromatic nitrogens is 1. The molecule has 1 rings (SSSR count). The molecule has 4 heteroatoms. The average Bonchev–Trinajstić information content (AvgIpc) is 1.85. The highest BCUT2D eigenvalue weighted by atomic mass is 32.2. The van der Waals surface area contributed by atoms with Crippen LogP contribution in [0.4, 0.5) is 0 Å². The largest absolute Gasteiger partial charge is 0.256 e. The second-order valence-corrected chi connectivity index (χ2v) is 3.14. The molecule has 1 aromatic heterocycles. The Morgan fingerprint density at radius 2 is 2.36 bits per heavy atom. The predicted molar refractivity (Wildman–Crippen MR) is 41.8 cm³/mol. The number of nitrogens with zero attached hydrogens (tertiary/aromatic N) is 1. The first-order valence-corrected chi connectivity index (χ1v) is 4.51. The van der Waals surface area contributed by atoms with Crippen molar-refractivity contribution in [2.75, 3.05) is 0 Å². The van der Waals surface area contributed by atoms with E-state index in [4.69, 9.17) is 0 Å². The molecule has 0 spiro atoms. The van der Waals surface area contributed by atoms with Crippen LogP contribution in [0.2, 0.25) is 0 Å². The Morgan fingerprint density at radius 3 is 2.91 bits per heavy atom. The molecular formula is C7H8NO2S. The Kier molecular flexibility index (Phi) is 2.59. The van der Waals surface area contributed by atoms with Gasteiger partial charge >= 0.3 is 0 Å².